The van der Waals surface area contributed by atoms with E-state index in [4.69, 9.17) is 9.84 Å². The van der Waals surface area contributed by atoms with Crippen LogP contribution in [0.25, 0.3) is 0 Å². The zero-order valence-corrected chi connectivity index (χ0v) is 12.0. The summed E-state index contributed by atoms with van der Waals surface area (Å²) in [6.07, 6.45) is 2.72. The third kappa shape index (κ3) is 3.97. The SMILES string of the molecule is CCc1cccc(OCC(=O)N2CCC(CO)CC2)c1. The number of aryl methyl sites for hydroxylation is 1. The van der Waals surface area contributed by atoms with Crippen LogP contribution in [0.4, 0.5) is 0 Å². The molecule has 2 rings (SSSR count). The van der Waals surface area contributed by atoms with Crippen molar-refractivity contribution in [1.29, 1.82) is 0 Å². The van der Waals surface area contributed by atoms with Crippen molar-refractivity contribution in [2.75, 3.05) is 26.3 Å². The molecule has 1 aliphatic rings. The number of hydrogen-bond acceptors (Lipinski definition) is 3. The Morgan fingerprint density at radius 2 is 2.15 bits per heavy atom. The van der Waals surface area contributed by atoms with E-state index in [0.29, 0.717) is 5.92 Å². The minimum atomic E-state index is 0.0308. The maximum absolute atomic E-state index is 12.1. The molecule has 0 unspecified atom stereocenters. The Labute approximate surface area is 120 Å². The zero-order chi connectivity index (χ0) is 14.4. The molecule has 1 amide bonds. The number of rotatable bonds is 5. The van der Waals surface area contributed by atoms with Crippen LogP contribution in [-0.4, -0.2) is 42.2 Å². The topological polar surface area (TPSA) is 49.8 Å². The molecule has 4 nitrogen and oxygen atoms in total. The largest absolute Gasteiger partial charge is 0.484 e. The van der Waals surface area contributed by atoms with Gasteiger partial charge in [-0.05, 0) is 42.9 Å². The second-order valence-corrected chi connectivity index (χ2v) is 5.30. The first-order valence-electron chi connectivity index (χ1n) is 7.33. The van der Waals surface area contributed by atoms with E-state index < -0.39 is 0 Å². The van der Waals surface area contributed by atoms with Crippen molar-refractivity contribution in [3.63, 3.8) is 0 Å². The number of ether oxygens (including phenoxy) is 1. The molecule has 1 fully saturated rings. The number of hydrogen-bond donors (Lipinski definition) is 1. The number of likely N-dealkylation sites (tertiary alicyclic amines) is 1. The average Bonchev–Trinajstić information content (AvgIpc) is 2.53. The molecule has 1 aromatic rings. The van der Waals surface area contributed by atoms with Gasteiger partial charge < -0.3 is 14.7 Å². The molecule has 0 spiro atoms. The highest BCUT2D eigenvalue weighted by Gasteiger charge is 2.22. The summed E-state index contributed by atoms with van der Waals surface area (Å²) in [5, 5.41) is 9.09. The van der Waals surface area contributed by atoms with E-state index in [1.54, 1.807) is 0 Å². The molecule has 0 aromatic heterocycles. The van der Waals surface area contributed by atoms with E-state index in [0.717, 1.165) is 38.1 Å². The van der Waals surface area contributed by atoms with Crippen LogP contribution in [0.15, 0.2) is 24.3 Å². The third-order valence-corrected chi connectivity index (χ3v) is 3.89. The molecular weight excluding hydrogens is 254 g/mol. The molecule has 0 radical (unpaired) electrons. The highest BCUT2D eigenvalue weighted by Crippen LogP contribution is 2.17. The van der Waals surface area contributed by atoms with E-state index in [-0.39, 0.29) is 19.1 Å². The van der Waals surface area contributed by atoms with Crippen molar-refractivity contribution in [1.82, 2.24) is 4.90 Å². The fourth-order valence-corrected chi connectivity index (χ4v) is 2.46. The molecule has 1 aromatic carbocycles. The minimum absolute atomic E-state index is 0.0308. The first kappa shape index (κ1) is 14.9. The summed E-state index contributed by atoms with van der Waals surface area (Å²) in [6, 6.07) is 7.86. The lowest BCUT2D eigenvalue weighted by atomic mass is 9.98. The Hall–Kier alpha value is -1.55. The van der Waals surface area contributed by atoms with Gasteiger partial charge >= 0.3 is 0 Å². The minimum Gasteiger partial charge on any atom is -0.484 e. The van der Waals surface area contributed by atoms with Crippen LogP contribution in [0.1, 0.15) is 25.3 Å². The fraction of sp³-hybridized carbons (Fsp3) is 0.562. The number of amides is 1. The molecule has 1 heterocycles. The molecule has 20 heavy (non-hydrogen) atoms. The Morgan fingerprint density at radius 1 is 1.40 bits per heavy atom. The molecule has 0 aliphatic carbocycles. The van der Waals surface area contributed by atoms with Crippen molar-refractivity contribution < 1.29 is 14.6 Å². The number of aliphatic hydroxyl groups is 1. The van der Waals surface area contributed by atoms with Crippen LogP contribution in [0.5, 0.6) is 5.75 Å². The van der Waals surface area contributed by atoms with Gasteiger partial charge in [-0.15, -0.1) is 0 Å². The van der Waals surface area contributed by atoms with E-state index >= 15 is 0 Å². The van der Waals surface area contributed by atoms with Crippen LogP contribution in [0, 0.1) is 5.92 Å². The van der Waals surface area contributed by atoms with Gasteiger partial charge in [-0.25, -0.2) is 0 Å². The summed E-state index contributed by atoms with van der Waals surface area (Å²) in [5.74, 6) is 1.13. The molecule has 0 saturated carbocycles. The van der Waals surface area contributed by atoms with Gasteiger partial charge in [0.25, 0.3) is 5.91 Å². The first-order valence-corrected chi connectivity index (χ1v) is 7.33. The summed E-state index contributed by atoms with van der Waals surface area (Å²) in [4.78, 5) is 13.9. The molecule has 0 bridgehead atoms. The maximum Gasteiger partial charge on any atom is 0.260 e. The number of carbonyl (C=O) groups is 1. The van der Waals surface area contributed by atoms with Gasteiger partial charge in [0.15, 0.2) is 6.61 Å². The second kappa shape index (κ2) is 7.29. The lowest BCUT2D eigenvalue weighted by Gasteiger charge is -2.31. The highest BCUT2D eigenvalue weighted by molar-refractivity contribution is 5.77. The summed E-state index contributed by atoms with van der Waals surface area (Å²) in [7, 11) is 0. The highest BCUT2D eigenvalue weighted by atomic mass is 16.5. The van der Waals surface area contributed by atoms with Crippen molar-refractivity contribution in [2.45, 2.75) is 26.2 Å². The molecule has 110 valence electrons. The fourth-order valence-electron chi connectivity index (χ4n) is 2.46. The Balaban J connectivity index is 1.80. The number of carbonyl (C=O) groups excluding carboxylic acids is 1. The molecule has 1 saturated heterocycles. The normalized spacial score (nSPS) is 16.2. The van der Waals surface area contributed by atoms with Gasteiger partial charge in [0.05, 0.1) is 0 Å². The maximum atomic E-state index is 12.1. The van der Waals surface area contributed by atoms with E-state index in [9.17, 15) is 4.79 Å². The molecule has 0 atom stereocenters. The van der Waals surface area contributed by atoms with Crippen LogP contribution in [0.2, 0.25) is 0 Å². The van der Waals surface area contributed by atoms with Crippen molar-refractivity contribution in [2.24, 2.45) is 5.92 Å². The van der Waals surface area contributed by atoms with Gasteiger partial charge in [-0.1, -0.05) is 19.1 Å². The second-order valence-electron chi connectivity index (χ2n) is 5.30. The summed E-state index contributed by atoms with van der Waals surface area (Å²) >= 11 is 0. The number of benzene rings is 1. The monoisotopic (exact) mass is 277 g/mol. The van der Waals surface area contributed by atoms with Crippen LogP contribution in [0.3, 0.4) is 0 Å². The predicted octanol–water partition coefficient (Wildman–Crippen LogP) is 1.86. The van der Waals surface area contributed by atoms with Crippen molar-refractivity contribution >= 4 is 5.91 Å². The summed E-state index contributed by atoms with van der Waals surface area (Å²) in [6.45, 7) is 3.86. The van der Waals surface area contributed by atoms with Crippen LogP contribution in [-0.2, 0) is 11.2 Å². The van der Waals surface area contributed by atoms with Crippen molar-refractivity contribution in [3.8, 4) is 5.75 Å². The van der Waals surface area contributed by atoms with E-state index in [2.05, 4.69) is 6.92 Å². The van der Waals surface area contributed by atoms with Gasteiger partial charge in [-0.2, -0.15) is 0 Å². The van der Waals surface area contributed by atoms with Gasteiger partial charge in [0, 0.05) is 19.7 Å². The predicted molar refractivity (Wildman–Crippen MR) is 77.7 cm³/mol. The quantitative estimate of drug-likeness (QED) is 0.893. The van der Waals surface area contributed by atoms with Gasteiger partial charge in [-0.3, -0.25) is 4.79 Å². The number of aliphatic hydroxyl groups excluding tert-OH is 1. The number of nitrogens with zero attached hydrogens (tertiary/aromatic N) is 1. The van der Waals surface area contributed by atoms with Crippen LogP contribution >= 0.6 is 0 Å². The van der Waals surface area contributed by atoms with E-state index in [1.165, 1.54) is 5.56 Å². The molecule has 1 N–H and O–H groups in total. The Bertz CT molecular complexity index is 439. The summed E-state index contributed by atoms with van der Waals surface area (Å²) in [5.41, 5.74) is 1.21. The lowest BCUT2D eigenvalue weighted by molar-refractivity contribution is -0.134. The average molecular weight is 277 g/mol. The smallest absolute Gasteiger partial charge is 0.260 e. The third-order valence-electron chi connectivity index (χ3n) is 3.89. The number of piperidine rings is 1. The van der Waals surface area contributed by atoms with Crippen LogP contribution < -0.4 is 4.74 Å². The zero-order valence-electron chi connectivity index (χ0n) is 12.0. The standard InChI is InChI=1S/C16H23NO3/c1-2-13-4-3-5-15(10-13)20-12-16(19)17-8-6-14(11-18)7-9-17/h3-5,10,14,18H,2,6-9,11-12H2,1H3. The Morgan fingerprint density at radius 3 is 2.80 bits per heavy atom. The summed E-state index contributed by atoms with van der Waals surface area (Å²) < 4.78 is 5.58. The van der Waals surface area contributed by atoms with E-state index in [1.807, 2.05) is 29.2 Å². The lowest BCUT2D eigenvalue weighted by Crippen LogP contribution is -2.41. The Kier molecular flexibility index (Phi) is 5.41. The molecule has 1 aliphatic heterocycles. The first-order chi connectivity index (χ1) is 9.72. The molecular formula is C16H23NO3. The molecule has 4 heteroatoms. The van der Waals surface area contributed by atoms with Crippen molar-refractivity contribution in [3.05, 3.63) is 29.8 Å². The van der Waals surface area contributed by atoms with Gasteiger partial charge in [0.1, 0.15) is 5.75 Å². The van der Waals surface area contributed by atoms with Gasteiger partial charge in [0.2, 0.25) is 0 Å².